The second kappa shape index (κ2) is 19.7. The molecule has 21 valence electrons. The van der Waals surface area contributed by atoms with E-state index in [1.165, 1.54) is 0 Å². The van der Waals surface area contributed by atoms with E-state index in [9.17, 15) is 0 Å². The van der Waals surface area contributed by atoms with Gasteiger partial charge in [-0.2, -0.15) is 0 Å². The van der Waals surface area contributed by atoms with Crippen molar-refractivity contribution in [1.29, 1.82) is 0 Å². The van der Waals surface area contributed by atoms with Crippen LogP contribution in [0.3, 0.4) is 0 Å². The second-order valence-electron chi connectivity index (χ2n) is 0. The van der Waals surface area contributed by atoms with Crippen molar-refractivity contribution in [3.63, 3.8) is 0 Å². The van der Waals surface area contributed by atoms with Crippen molar-refractivity contribution in [2.45, 2.75) is 0 Å². The minimum atomic E-state index is 0. The molecule has 0 rings (SSSR count). The average molecular weight is 256 g/mol. The number of hydrogen-bond donors (Lipinski definition) is 0. The van der Waals surface area contributed by atoms with E-state index in [0.29, 0.717) is 0 Å². The summed E-state index contributed by atoms with van der Waals surface area (Å²) in [4.78, 5) is 0. The Bertz CT molecular complexity index is 8.00. The Labute approximate surface area is 63.1 Å². The van der Waals surface area contributed by atoms with Crippen LogP contribution in [0.4, 0.5) is 0 Å². The van der Waals surface area contributed by atoms with Gasteiger partial charge >= 0.3 is 0 Å². The topological polar surface area (TPSA) is 0 Å². The van der Waals surface area contributed by atoms with Crippen molar-refractivity contribution >= 4 is 43.9 Å². The summed E-state index contributed by atoms with van der Waals surface area (Å²) in [6, 6.07) is 0. The van der Waals surface area contributed by atoms with Gasteiger partial charge in [0.25, 0.3) is 0 Å². The molecule has 0 aliphatic carbocycles. The zero-order chi connectivity index (χ0) is 0. The molecule has 0 atom stereocenters. The Morgan fingerprint density at radius 1 is 1.00 bits per heavy atom. The first-order valence-corrected chi connectivity index (χ1v) is 0. The van der Waals surface area contributed by atoms with Crippen LogP contribution in [-0.4, -0.2) is 17.1 Å². The first-order chi connectivity index (χ1) is 0. The number of hydrogen-bond acceptors (Lipinski definition) is 0. The summed E-state index contributed by atoms with van der Waals surface area (Å²) in [5.74, 6) is 0. The van der Waals surface area contributed by atoms with Gasteiger partial charge in [0.15, 0.2) is 0 Å². The van der Waals surface area contributed by atoms with Crippen molar-refractivity contribution in [3.8, 4) is 0 Å². The third-order valence-electron chi connectivity index (χ3n) is 0. The van der Waals surface area contributed by atoms with Crippen LogP contribution in [0.5, 0.6) is 0 Å². The van der Waals surface area contributed by atoms with Crippen molar-refractivity contribution < 1.29 is 19.5 Å². The van der Waals surface area contributed by atoms with E-state index >= 15 is 0 Å². The van der Waals surface area contributed by atoms with Gasteiger partial charge in [-0.3, -0.25) is 0 Å². The van der Waals surface area contributed by atoms with Gasteiger partial charge in [0.1, 0.15) is 0 Å². The van der Waals surface area contributed by atoms with Crippen LogP contribution in [0, 0.1) is 0 Å². The Kier molecular flexibility index (Phi) is 181. The maximum atomic E-state index is 0. The van der Waals surface area contributed by atoms with Crippen molar-refractivity contribution in [2.24, 2.45) is 0 Å². The molecule has 4 heavy (non-hydrogen) atoms. The number of halogens is 1. The van der Waals surface area contributed by atoms with Gasteiger partial charge in [0.05, 0.1) is 0 Å². The Balaban J connectivity index is 0. The van der Waals surface area contributed by atoms with Crippen LogP contribution in [0.1, 0.15) is 0 Å². The number of rotatable bonds is 0. The van der Waals surface area contributed by atoms with E-state index in [-0.39, 0.29) is 63.4 Å². The standard InChI is InChI=1S/BrH.P.Se.Zn/h1H;;;. The van der Waals surface area contributed by atoms with E-state index < -0.39 is 0 Å². The Hall–Kier alpha value is 2.05. The minimum absolute atomic E-state index is 0. The quantitative estimate of drug-likeness (QED) is 0.449. The fraction of sp³-hybridized carbons (Fsp3) is 0. The smallest absolute Gasteiger partial charge is 0 e. The predicted molar refractivity (Wildman–Crippen MR) is 23.0 cm³/mol. The largest absolute Gasteiger partial charge is 0.114 e. The predicted octanol–water partition coefficient (Wildman–Crippen LogP) is 1.06. The molecule has 0 aromatic heterocycles. The molecule has 0 unspecified atom stereocenters. The molecular formula is HBrPSeZn. The molecular weight excluding hydrogens is 255 g/mol. The van der Waals surface area contributed by atoms with Gasteiger partial charge in [0, 0.05) is 46.4 Å². The van der Waals surface area contributed by atoms with Crippen LogP contribution in [0.2, 0.25) is 0 Å². The van der Waals surface area contributed by atoms with E-state index in [4.69, 9.17) is 0 Å². The summed E-state index contributed by atoms with van der Waals surface area (Å²) in [5, 5.41) is 0. The summed E-state index contributed by atoms with van der Waals surface area (Å²) in [6.07, 6.45) is 0. The third kappa shape index (κ3) is 8.96. The summed E-state index contributed by atoms with van der Waals surface area (Å²) in [6.45, 7) is 0. The van der Waals surface area contributed by atoms with Gasteiger partial charge < -0.3 is 0 Å². The van der Waals surface area contributed by atoms with Gasteiger partial charge in [-0.1, -0.05) is 0 Å². The normalized spacial score (nSPS) is 0. The van der Waals surface area contributed by atoms with Crippen LogP contribution in [0.15, 0.2) is 0 Å². The average Bonchev–Trinajstić information content (AvgIpc) is 0. The molecule has 4 heteroatoms. The van der Waals surface area contributed by atoms with Crippen LogP contribution in [0.25, 0.3) is 0 Å². The van der Waals surface area contributed by atoms with Crippen LogP contribution < -0.4 is 0 Å². The molecule has 0 aromatic carbocycles. The molecule has 5 radical (unpaired) electrons. The maximum absolute atomic E-state index is 0. The third-order valence-corrected chi connectivity index (χ3v) is 0. The maximum Gasteiger partial charge on any atom is 0 e. The molecule has 0 spiro atoms. The fourth-order valence-electron chi connectivity index (χ4n) is 0. The SMILES string of the molecule is Br.[P].[Se].[Zn]. The second-order valence-corrected chi connectivity index (χ2v) is 0. The summed E-state index contributed by atoms with van der Waals surface area (Å²) in [7, 11) is 0. The zero-order valence-corrected chi connectivity index (χ0v) is 9.26. The molecule has 0 N–H and O–H groups in total. The minimum Gasteiger partial charge on any atom is -0.114 e. The first kappa shape index (κ1) is 36.7. The van der Waals surface area contributed by atoms with E-state index in [1.807, 2.05) is 0 Å². The van der Waals surface area contributed by atoms with Gasteiger partial charge in [-0.25, -0.2) is 0 Å². The summed E-state index contributed by atoms with van der Waals surface area (Å²) >= 11 is 0. The molecule has 0 saturated carbocycles. The molecule has 0 heterocycles. The van der Waals surface area contributed by atoms with Gasteiger partial charge in [-0.05, 0) is 0 Å². The van der Waals surface area contributed by atoms with Gasteiger partial charge in [-0.15, -0.1) is 17.0 Å². The van der Waals surface area contributed by atoms with Crippen LogP contribution >= 0.6 is 26.9 Å². The molecule has 0 saturated heterocycles. The van der Waals surface area contributed by atoms with Gasteiger partial charge in [0.2, 0.25) is 0 Å². The summed E-state index contributed by atoms with van der Waals surface area (Å²) in [5.41, 5.74) is 0. The van der Waals surface area contributed by atoms with E-state index in [1.54, 1.807) is 0 Å². The Morgan fingerprint density at radius 3 is 1.00 bits per heavy atom. The molecule has 0 aromatic rings. The monoisotopic (exact) mass is 255 g/mol. The molecule has 0 nitrogen and oxygen atoms in total. The van der Waals surface area contributed by atoms with Crippen molar-refractivity contribution in [3.05, 3.63) is 0 Å². The van der Waals surface area contributed by atoms with E-state index in [2.05, 4.69) is 0 Å². The van der Waals surface area contributed by atoms with Crippen LogP contribution in [-0.2, 0) is 19.5 Å². The molecule has 0 bridgehead atoms. The van der Waals surface area contributed by atoms with Crippen molar-refractivity contribution in [2.75, 3.05) is 0 Å². The zero-order valence-electron chi connectivity index (χ0n) is 1.97. The summed E-state index contributed by atoms with van der Waals surface area (Å²) < 4.78 is 0. The van der Waals surface area contributed by atoms with Crippen molar-refractivity contribution in [1.82, 2.24) is 0 Å². The first-order valence-electron chi connectivity index (χ1n) is 0. The Morgan fingerprint density at radius 2 is 1.00 bits per heavy atom. The molecule has 0 fully saturated rings. The molecule has 0 amide bonds. The molecule has 0 aliphatic rings. The van der Waals surface area contributed by atoms with E-state index in [0.717, 1.165) is 0 Å². The fourth-order valence-corrected chi connectivity index (χ4v) is 0. The molecule has 0 aliphatic heterocycles.